The number of aliphatic imine (C=N–C) groups is 1. The summed E-state index contributed by atoms with van der Waals surface area (Å²) in [6, 6.07) is 7.15. The van der Waals surface area contributed by atoms with Crippen molar-refractivity contribution < 1.29 is 18.0 Å². The molecule has 1 unspecified atom stereocenters. The summed E-state index contributed by atoms with van der Waals surface area (Å²) < 4.78 is 41.9. The van der Waals surface area contributed by atoms with Gasteiger partial charge in [-0.25, -0.2) is 18.0 Å². The summed E-state index contributed by atoms with van der Waals surface area (Å²) in [6.45, 7) is -0.198. The van der Waals surface area contributed by atoms with Crippen molar-refractivity contribution in [2.45, 2.75) is 20.1 Å². The van der Waals surface area contributed by atoms with Gasteiger partial charge in [0.2, 0.25) is 0 Å². The summed E-state index contributed by atoms with van der Waals surface area (Å²) in [6.07, 6.45) is -1.47. The van der Waals surface area contributed by atoms with Gasteiger partial charge in [-0.3, -0.25) is 0 Å². The minimum atomic E-state index is -1.47. The molecule has 1 atom stereocenters. The first-order chi connectivity index (χ1) is 11.9. The van der Waals surface area contributed by atoms with Crippen LogP contribution in [0.2, 0.25) is 0 Å². The largest absolute Gasteiger partial charge is 0.370 e. The quantitative estimate of drug-likeness (QED) is 0.600. The van der Waals surface area contributed by atoms with Gasteiger partial charge in [-0.1, -0.05) is 25.6 Å². The number of guanidine groups is 1. The van der Waals surface area contributed by atoms with Crippen molar-refractivity contribution in [2.24, 2.45) is 16.5 Å². The summed E-state index contributed by atoms with van der Waals surface area (Å²) in [5, 5.41) is 0. The maximum atomic E-state index is 14.5. The van der Waals surface area contributed by atoms with Crippen molar-refractivity contribution in [2.75, 3.05) is 6.54 Å². The fourth-order valence-corrected chi connectivity index (χ4v) is 2.91. The fourth-order valence-electron chi connectivity index (χ4n) is 2.91. The molecule has 0 aliphatic carbocycles. The van der Waals surface area contributed by atoms with E-state index in [0.717, 1.165) is 17.0 Å². The van der Waals surface area contributed by atoms with Crippen molar-refractivity contribution >= 4 is 12.0 Å². The molecule has 0 radical (unpaired) electrons. The molecular formula is C18H19F3N4O. The zero-order valence-electron chi connectivity index (χ0n) is 13.0. The van der Waals surface area contributed by atoms with Crippen LogP contribution in [0.4, 0.5) is 18.0 Å². The maximum Gasteiger partial charge on any atom is 0.347 e. The summed E-state index contributed by atoms with van der Waals surface area (Å²) in [7, 11) is 0. The van der Waals surface area contributed by atoms with Crippen molar-refractivity contribution in [1.29, 1.82) is 0 Å². The molecule has 4 N–H and O–H groups in total. The van der Waals surface area contributed by atoms with E-state index in [9.17, 15) is 18.0 Å². The molecule has 2 aromatic carbocycles. The molecule has 5 nitrogen and oxygen atoms in total. The fraction of sp³-hybridized carbons (Fsp3) is 0.222. The number of halogens is 3. The first-order valence-electron chi connectivity index (χ1n) is 7.46. The molecule has 8 heteroatoms. The lowest BCUT2D eigenvalue weighted by Crippen LogP contribution is -2.37. The number of carbonyl (C=O) groups excluding carboxylic acids is 1. The molecule has 0 saturated carbocycles. The third kappa shape index (κ3) is 3.63. The smallest absolute Gasteiger partial charge is 0.347 e. The Hall–Kier alpha value is -3.03. The second-order valence-electron chi connectivity index (χ2n) is 5.66. The zero-order valence-corrected chi connectivity index (χ0v) is 13.0. The van der Waals surface area contributed by atoms with E-state index in [1.54, 1.807) is 18.2 Å². The summed E-state index contributed by atoms with van der Waals surface area (Å²) >= 11 is 0. The van der Waals surface area contributed by atoms with E-state index in [1.165, 1.54) is 6.07 Å². The molecule has 0 bridgehead atoms. The molecular weight excluding hydrogens is 345 g/mol. The van der Waals surface area contributed by atoms with Crippen LogP contribution >= 0.6 is 0 Å². The molecule has 0 fully saturated rings. The topological polar surface area (TPSA) is 84.7 Å². The Morgan fingerprint density at radius 3 is 2.54 bits per heavy atom. The van der Waals surface area contributed by atoms with E-state index in [0.29, 0.717) is 16.7 Å². The second-order valence-corrected chi connectivity index (χ2v) is 5.66. The van der Waals surface area contributed by atoms with Crippen molar-refractivity contribution in [3.8, 4) is 11.1 Å². The minimum absolute atomic E-state index is 0. The van der Waals surface area contributed by atoms with Gasteiger partial charge in [-0.15, -0.1) is 0 Å². The monoisotopic (exact) mass is 364 g/mol. The van der Waals surface area contributed by atoms with Crippen LogP contribution in [0.5, 0.6) is 0 Å². The summed E-state index contributed by atoms with van der Waals surface area (Å²) in [5.41, 5.74) is 11.7. The molecule has 0 spiro atoms. The molecule has 0 saturated heterocycles. The molecule has 1 aliphatic heterocycles. The Bertz CT molecular complexity index is 866. The number of fused-ring (bicyclic) bond motifs is 1. The molecule has 138 valence electrons. The van der Waals surface area contributed by atoms with E-state index in [4.69, 9.17) is 11.5 Å². The highest BCUT2D eigenvalue weighted by Crippen LogP contribution is 2.37. The Labute approximate surface area is 149 Å². The van der Waals surface area contributed by atoms with Crippen LogP contribution in [0.3, 0.4) is 0 Å². The van der Waals surface area contributed by atoms with Crippen molar-refractivity contribution in [3.63, 3.8) is 0 Å². The van der Waals surface area contributed by atoms with Gasteiger partial charge in [0.15, 0.2) is 5.96 Å². The van der Waals surface area contributed by atoms with Gasteiger partial charge in [-0.05, 0) is 28.8 Å². The van der Waals surface area contributed by atoms with Gasteiger partial charge in [0.25, 0.3) is 0 Å². The molecule has 1 aliphatic rings. The Morgan fingerprint density at radius 1 is 1.15 bits per heavy atom. The maximum absolute atomic E-state index is 14.5. The Morgan fingerprint density at radius 2 is 1.88 bits per heavy atom. The van der Waals surface area contributed by atoms with Gasteiger partial charge < -0.3 is 16.4 Å². The van der Waals surface area contributed by atoms with Crippen LogP contribution in [-0.2, 0) is 6.54 Å². The number of benzene rings is 2. The lowest BCUT2D eigenvalue weighted by Gasteiger charge is -2.31. The minimum Gasteiger partial charge on any atom is -0.370 e. The van der Waals surface area contributed by atoms with Gasteiger partial charge in [0.05, 0.1) is 6.54 Å². The third-order valence-electron chi connectivity index (χ3n) is 4.00. The Balaban J connectivity index is 0.00000243. The van der Waals surface area contributed by atoms with E-state index in [2.05, 4.69) is 4.99 Å². The van der Waals surface area contributed by atoms with Crippen LogP contribution in [-0.4, -0.2) is 23.4 Å². The first kappa shape index (κ1) is 19.3. The van der Waals surface area contributed by atoms with Crippen LogP contribution in [0, 0.1) is 11.6 Å². The molecule has 1 heterocycles. The number of amides is 2. The first-order valence-corrected chi connectivity index (χ1v) is 7.46. The lowest BCUT2D eigenvalue weighted by molar-refractivity contribution is 0.168. The van der Waals surface area contributed by atoms with Crippen molar-refractivity contribution in [1.82, 2.24) is 4.90 Å². The number of nitrogens with zero attached hydrogens (tertiary/aromatic N) is 2. The van der Waals surface area contributed by atoms with E-state index < -0.39 is 29.8 Å². The summed E-state index contributed by atoms with van der Waals surface area (Å²) in [4.78, 5) is 16.6. The molecule has 2 amide bonds. The van der Waals surface area contributed by atoms with E-state index in [1.807, 2.05) is 0 Å². The number of urea groups is 1. The van der Waals surface area contributed by atoms with Crippen LogP contribution in [0.25, 0.3) is 11.1 Å². The van der Waals surface area contributed by atoms with Gasteiger partial charge in [0.1, 0.15) is 17.8 Å². The molecule has 26 heavy (non-hydrogen) atoms. The predicted octanol–water partition coefficient (Wildman–Crippen LogP) is 3.49. The van der Waals surface area contributed by atoms with Crippen LogP contribution in [0.1, 0.15) is 24.7 Å². The van der Waals surface area contributed by atoms with E-state index >= 15 is 0 Å². The molecule has 2 aromatic rings. The zero-order chi connectivity index (χ0) is 18.1. The third-order valence-corrected chi connectivity index (χ3v) is 4.00. The molecule has 3 rings (SSSR count). The van der Waals surface area contributed by atoms with Gasteiger partial charge >= 0.3 is 6.03 Å². The standard InChI is InChI=1S/C17H15F3N4O.CH4/c18-9-4-5-12(14(19)6-9)10-2-1-3-11-13(10)7-24(8-15(11)20)17(25)23-16(21)22;/h1-6,15H,7-8H2,(H4,21,22,23,25);1H4. The van der Waals surface area contributed by atoms with Gasteiger partial charge in [0, 0.05) is 18.2 Å². The normalized spacial score (nSPS) is 15.7. The number of hydrogen-bond donors (Lipinski definition) is 2. The highest BCUT2D eigenvalue weighted by molar-refractivity contribution is 5.90. The number of carbonyl (C=O) groups is 1. The number of alkyl halides is 1. The van der Waals surface area contributed by atoms with Gasteiger partial charge in [-0.2, -0.15) is 4.99 Å². The number of rotatable bonds is 1. The van der Waals surface area contributed by atoms with Crippen molar-refractivity contribution in [3.05, 3.63) is 59.2 Å². The predicted molar refractivity (Wildman–Crippen MR) is 94.0 cm³/mol. The SMILES string of the molecule is C.NC(N)=NC(=O)N1Cc2c(-c3ccc(F)cc3F)cccc2C(F)C1. The highest BCUT2D eigenvalue weighted by atomic mass is 19.1. The van der Waals surface area contributed by atoms with E-state index in [-0.39, 0.29) is 26.1 Å². The number of nitrogens with two attached hydrogens (primary N) is 2. The average molecular weight is 364 g/mol. The van der Waals surface area contributed by atoms with Crippen LogP contribution in [0.15, 0.2) is 41.4 Å². The average Bonchev–Trinajstić information content (AvgIpc) is 2.54. The van der Waals surface area contributed by atoms with Crippen LogP contribution < -0.4 is 11.5 Å². The molecule has 0 aromatic heterocycles. The Kier molecular flexibility index (Phi) is 5.54. The number of hydrogen-bond acceptors (Lipinski definition) is 1. The highest BCUT2D eigenvalue weighted by Gasteiger charge is 2.30. The lowest BCUT2D eigenvalue weighted by atomic mass is 9.90. The second kappa shape index (κ2) is 7.47. The summed E-state index contributed by atoms with van der Waals surface area (Å²) in [5.74, 6) is -1.90.